The van der Waals surface area contributed by atoms with E-state index in [4.69, 9.17) is 0 Å². The highest BCUT2D eigenvalue weighted by molar-refractivity contribution is 9.11. The van der Waals surface area contributed by atoms with E-state index in [1.165, 1.54) is 10.4 Å². The number of halogens is 1. The number of aromatic nitrogens is 2. The van der Waals surface area contributed by atoms with Gasteiger partial charge in [0, 0.05) is 24.7 Å². The molecule has 0 bridgehead atoms. The summed E-state index contributed by atoms with van der Waals surface area (Å²) in [5, 5.41) is 4.05. The van der Waals surface area contributed by atoms with Gasteiger partial charge in [-0.3, -0.25) is 9.48 Å². The molecule has 0 saturated carbocycles. The van der Waals surface area contributed by atoms with Crippen molar-refractivity contribution in [2.45, 2.75) is 13.0 Å². The molecule has 1 aliphatic heterocycles. The van der Waals surface area contributed by atoms with E-state index < -0.39 is 0 Å². The van der Waals surface area contributed by atoms with E-state index in [9.17, 15) is 4.79 Å². The monoisotopic (exact) mass is 325 g/mol. The molecular formula is C12H12BrN3OS. The molecule has 18 heavy (non-hydrogen) atoms. The van der Waals surface area contributed by atoms with E-state index in [-0.39, 0.29) is 5.91 Å². The van der Waals surface area contributed by atoms with Crippen LogP contribution in [0, 0.1) is 0 Å². The van der Waals surface area contributed by atoms with Gasteiger partial charge in [0.25, 0.3) is 5.91 Å². The van der Waals surface area contributed by atoms with Crippen LogP contribution in [0.15, 0.2) is 22.2 Å². The van der Waals surface area contributed by atoms with E-state index in [2.05, 4.69) is 27.1 Å². The van der Waals surface area contributed by atoms with Crippen LogP contribution in [0.3, 0.4) is 0 Å². The molecule has 94 valence electrons. The van der Waals surface area contributed by atoms with Crippen LogP contribution in [0.5, 0.6) is 0 Å². The van der Waals surface area contributed by atoms with Crippen LogP contribution in [-0.2, 0) is 20.0 Å². The molecule has 0 aromatic carbocycles. The Morgan fingerprint density at radius 2 is 2.39 bits per heavy atom. The van der Waals surface area contributed by atoms with Crippen molar-refractivity contribution in [2.75, 3.05) is 6.54 Å². The first-order valence-electron chi connectivity index (χ1n) is 5.68. The average Bonchev–Trinajstić information content (AvgIpc) is 2.92. The van der Waals surface area contributed by atoms with Crippen molar-refractivity contribution >= 4 is 33.2 Å². The molecule has 3 rings (SSSR count). The molecule has 0 aliphatic carbocycles. The van der Waals surface area contributed by atoms with Gasteiger partial charge < -0.3 is 4.90 Å². The zero-order valence-electron chi connectivity index (χ0n) is 9.89. The molecule has 1 aliphatic rings. The van der Waals surface area contributed by atoms with Crippen LogP contribution in [0.4, 0.5) is 0 Å². The Morgan fingerprint density at radius 1 is 1.56 bits per heavy atom. The average molecular weight is 326 g/mol. The first-order valence-corrected chi connectivity index (χ1v) is 7.29. The second kappa shape index (κ2) is 4.51. The van der Waals surface area contributed by atoms with Crippen molar-refractivity contribution in [1.29, 1.82) is 0 Å². The summed E-state index contributed by atoms with van der Waals surface area (Å²) in [4.78, 5) is 15.5. The largest absolute Gasteiger partial charge is 0.333 e. The van der Waals surface area contributed by atoms with Gasteiger partial charge in [-0.05, 0) is 34.0 Å². The molecule has 6 heteroatoms. The molecule has 0 N–H and O–H groups in total. The molecule has 0 unspecified atom stereocenters. The summed E-state index contributed by atoms with van der Waals surface area (Å²) >= 11 is 5.21. The highest BCUT2D eigenvalue weighted by atomic mass is 79.9. The molecular weight excluding hydrogens is 314 g/mol. The van der Waals surface area contributed by atoms with Crippen LogP contribution < -0.4 is 0 Å². The number of hydrogen-bond acceptors (Lipinski definition) is 3. The zero-order valence-corrected chi connectivity index (χ0v) is 12.3. The minimum absolute atomic E-state index is 0.0678. The quantitative estimate of drug-likeness (QED) is 0.807. The Labute approximate surface area is 117 Å². The second-order valence-corrected chi connectivity index (χ2v) is 6.89. The predicted molar refractivity (Wildman–Crippen MR) is 73.7 cm³/mol. The molecule has 0 saturated heterocycles. The first-order chi connectivity index (χ1) is 8.63. The normalized spacial score (nSPS) is 14.7. The molecule has 2 aromatic heterocycles. The fourth-order valence-corrected chi connectivity index (χ4v) is 3.98. The molecule has 2 aromatic rings. The summed E-state index contributed by atoms with van der Waals surface area (Å²) < 4.78 is 2.80. The van der Waals surface area contributed by atoms with Crippen molar-refractivity contribution in [3.05, 3.63) is 38.3 Å². The summed E-state index contributed by atoms with van der Waals surface area (Å²) in [6, 6.07) is 2.16. The molecule has 4 nitrogen and oxygen atoms in total. The fourth-order valence-electron chi connectivity index (χ4n) is 2.17. The number of carbonyl (C=O) groups excluding carboxylic acids is 1. The van der Waals surface area contributed by atoms with Gasteiger partial charge in [0.1, 0.15) is 0 Å². The first kappa shape index (κ1) is 11.9. The summed E-state index contributed by atoms with van der Waals surface area (Å²) in [6.07, 6.45) is 4.33. The lowest BCUT2D eigenvalue weighted by molar-refractivity contribution is 0.0737. The smallest absolute Gasteiger partial charge is 0.257 e. The van der Waals surface area contributed by atoms with Crippen molar-refractivity contribution in [1.82, 2.24) is 14.7 Å². The molecule has 0 spiro atoms. The Bertz CT molecular complexity index is 604. The second-order valence-electron chi connectivity index (χ2n) is 4.38. The molecule has 0 atom stereocenters. The van der Waals surface area contributed by atoms with Crippen molar-refractivity contribution in [3.63, 3.8) is 0 Å². The number of rotatable bonds is 1. The van der Waals surface area contributed by atoms with Gasteiger partial charge in [0.15, 0.2) is 0 Å². The third-order valence-electron chi connectivity index (χ3n) is 3.09. The van der Waals surface area contributed by atoms with E-state index in [0.717, 1.165) is 16.8 Å². The van der Waals surface area contributed by atoms with Gasteiger partial charge >= 0.3 is 0 Å². The van der Waals surface area contributed by atoms with Crippen LogP contribution in [-0.4, -0.2) is 27.1 Å². The molecule has 1 amide bonds. The van der Waals surface area contributed by atoms with Crippen molar-refractivity contribution in [2.24, 2.45) is 7.05 Å². The topological polar surface area (TPSA) is 38.1 Å². The number of aryl methyl sites for hydroxylation is 1. The van der Waals surface area contributed by atoms with Gasteiger partial charge in [-0.2, -0.15) is 5.10 Å². The standard InChI is InChI=1S/C12H12BrN3OS/c1-15-6-9(5-14-15)12(17)16-3-2-8-4-11(13)18-10(8)7-16/h4-6H,2-3,7H2,1H3. The maximum Gasteiger partial charge on any atom is 0.257 e. The number of amides is 1. The minimum atomic E-state index is 0.0678. The van der Waals surface area contributed by atoms with Crippen molar-refractivity contribution < 1.29 is 4.79 Å². The summed E-state index contributed by atoms with van der Waals surface area (Å²) in [6.45, 7) is 1.49. The number of fused-ring (bicyclic) bond motifs is 1. The highest BCUT2D eigenvalue weighted by Crippen LogP contribution is 2.31. The van der Waals surface area contributed by atoms with Crippen molar-refractivity contribution in [3.8, 4) is 0 Å². The van der Waals surface area contributed by atoms with Crippen LogP contribution in [0.2, 0.25) is 0 Å². The Morgan fingerprint density at radius 3 is 3.11 bits per heavy atom. The SMILES string of the molecule is Cn1cc(C(=O)N2CCc3cc(Br)sc3C2)cn1. The number of hydrogen-bond donors (Lipinski definition) is 0. The molecule has 0 fully saturated rings. The number of thiophene rings is 1. The Kier molecular flexibility index (Phi) is 2.99. The molecule has 0 radical (unpaired) electrons. The van der Waals surface area contributed by atoms with E-state index in [1.807, 2.05) is 11.9 Å². The van der Waals surface area contributed by atoms with Gasteiger partial charge in [-0.25, -0.2) is 0 Å². The van der Waals surface area contributed by atoms with E-state index in [0.29, 0.717) is 12.1 Å². The van der Waals surface area contributed by atoms with Gasteiger partial charge in [-0.1, -0.05) is 0 Å². The van der Waals surface area contributed by atoms with E-state index >= 15 is 0 Å². The lowest BCUT2D eigenvalue weighted by Gasteiger charge is -2.26. The Balaban J connectivity index is 1.81. The Hall–Kier alpha value is -1.14. The summed E-state index contributed by atoms with van der Waals surface area (Å²) in [5.41, 5.74) is 2.03. The third-order valence-corrected chi connectivity index (χ3v) is 4.76. The highest BCUT2D eigenvalue weighted by Gasteiger charge is 2.24. The van der Waals surface area contributed by atoms with Crippen LogP contribution in [0.1, 0.15) is 20.8 Å². The molecule has 3 heterocycles. The van der Waals surface area contributed by atoms with Gasteiger partial charge in [-0.15, -0.1) is 11.3 Å². The number of carbonyl (C=O) groups is 1. The van der Waals surface area contributed by atoms with Crippen LogP contribution in [0.25, 0.3) is 0 Å². The zero-order chi connectivity index (χ0) is 12.7. The van der Waals surface area contributed by atoms with Crippen LogP contribution >= 0.6 is 27.3 Å². The fraction of sp³-hybridized carbons (Fsp3) is 0.333. The minimum Gasteiger partial charge on any atom is -0.333 e. The predicted octanol–water partition coefficient (Wildman–Crippen LogP) is 2.44. The number of nitrogens with zero attached hydrogens (tertiary/aromatic N) is 3. The maximum absolute atomic E-state index is 12.3. The lowest BCUT2D eigenvalue weighted by Crippen LogP contribution is -2.35. The summed E-state index contributed by atoms with van der Waals surface area (Å²) in [7, 11) is 1.82. The summed E-state index contributed by atoms with van der Waals surface area (Å²) in [5.74, 6) is 0.0678. The lowest BCUT2D eigenvalue weighted by atomic mass is 10.1. The van der Waals surface area contributed by atoms with Gasteiger partial charge in [0.2, 0.25) is 0 Å². The maximum atomic E-state index is 12.3. The van der Waals surface area contributed by atoms with E-state index in [1.54, 1.807) is 28.4 Å². The van der Waals surface area contributed by atoms with Gasteiger partial charge in [0.05, 0.1) is 22.1 Å². The third kappa shape index (κ3) is 2.10.